The zero-order valence-corrected chi connectivity index (χ0v) is 19.7. The topological polar surface area (TPSA) is 119 Å². The molecule has 174 valence electrons. The molecule has 3 amide bonds. The molecule has 34 heavy (non-hydrogen) atoms. The maximum absolute atomic E-state index is 12.8. The van der Waals surface area contributed by atoms with Crippen LogP contribution in [0.4, 0.5) is 10.8 Å². The van der Waals surface area contributed by atoms with Gasteiger partial charge in [0.15, 0.2) is 6.61 Å². The first-order valence-corrected chi connectivity index (χ1v) is 11.6. The molecule has 1 aromatic heterocycles. The number of rotatable bonds is 7. The number of benzene rings is 2. The van der Waals surface area contributed by atoms with E-state index in [9.17, 15) is 19.2 Å². The number of hydrogen-bond donors (Lipinski definition) is 1. The molecule has 1 N–H and O–H groups in total. The number of aromatic nitrogens is 2. The number of carbonyl (C=O) groups is 4. The van der Waals surface area contributed by atoms with Crippen LogP contribution in [0.2, 0.25) is 0 Å². The normalized spacial score (nSPS) is 12.6. The largest absolute Gasteiger partial charge is 0.452 e. The quantitative estimate of drug-likeness (QED) is 0.407. The van der Waals surface area contributed by atoms with Crippen molar-refractivity contribution in [1.29, 1.82) is 0 Å². The number of anilines is 2. The van der Waals surface area contributed by atoms with Crippen LogP contribution in [0.5, 0.6) is 0 Å². The van der Waals surface area contributed by atoms with E-state index in [0.717, 1.165) is 45.9 Å². The van der Waals surface area contributed by atoms with E-state index in [1.807, 2.05) is 32.0 Å². The summed E-state index contributed by atoms with van der Waals surface area (Å²) >= 11 is 1.12. The fourth-order valence-electron chi connectivity index (χ4n) is 3.71. The maximum Gasteiger partial charge on any atom is 0.338 e. The molecular formula is C24H22N4O5S. The molecule has 0 saturated heterocycles. The van der Waals surface area contributed by atoms with Crippen LogP contribution in [-0.2, 0) is 22.4 Å². The number of carbonyl (C=O) groups excluding carboxylic acids is 4. The molecule has 1 aliphatic rings. The molecule has 0 bridgehead atoms. The van der Waals surface area contributed by atoms with Crippen LogP contribution in [-0.4, -0.2) is 40.5 Å². The van der Waals surface area contributed by atoms with Crippen LogP contribution in [0.15, 0.2) is 36.4 Å². The smallest absolute Gasteiger partial charge is 0.338 e. The van der Waals surface area contributed by atoms with Gasteiger partial charge in [0.25, 0.3) is 17.7 Å². The van der Waals surface area contributed by atoms with Crippen molar-refractivity contribution >= 4 is 45.8 Å². The minimum atomic E-state index is -0.775. The predicted octanol–water partition coefficient (Wildman–Crippen LogP) is 3.57. The fourth-order valence-corrected chi connectivity index (χ4v) is 4.40. The van der Waals surface area contributed by atoms with Gasteiger partial charge in [-0.2, -0.15) is 0 Å². The highest BCUT2D eigenvalue weighted by atomic mass is 32.1. The molecule has 1 aliphatic heterocycles. The monoisotopic (exact) mass is 478 g/mol. The van der Waals surface area contributed by atoms with Crippen molar-refractivity contribution in [3.63, 3.8) is 0 Å². The Labute approximate surface area is 199 Å². The fraction of sp³-hybridized carbons (Fsp3) is 0.250. The van der Waals surface area contributed by atoms with E-state index in [4.69, 9.17) is 4.74 Å². The Morgan fingerprint density at radius 1 is 1.00 bits per heavy atom. The van der Waals surface area contributed by atoms with E-state index in [1.165, 1.54) is 18.2 Å². The first-order chi connectivity index (χ1) is 16.3. The number of aryl methyl sites for hydroxylation is 3. The van der Waals surface area contributed by atoms with Crippen LogP contribution in [0.3, 0.4) is 0 Å². The summed E-state index contributed by atoms with van der Waals surface area (Å²) in [6.45, 7) is 5.23. The van der Waals surface area contributed by atoms with Gasteiger partial charge in [-0.05, 0) is 49.1 Å². The van der Waals surface area contributed by atoms with Crippen molar-refractivity contribution < 1.29 is 23.9 Å². The van der Waals surface area contributed by atoms with Crippen LogP contribution in [0.25, 0.3) is 0 Å². The summed E-state index contributed by atoms with van der Waals surface area (Å²) in [5, 5.41) is 11.3. The lowest BCUT2D eigenvalue weighted by Gasteiger charge is -2.14. The predicted molar refractivity (Wildman–Crippen MR) is 126 cm³/mol. The number of para-hydroxylation sites is 1. The Balaban J connectivity index is 1.45. The van der Waals surface area contributed by atoms with Crippen molar-refractivity contribution in [2.75, 3.05) is 16.8 Å². The van der Waals surface area contributed by atoms with Crippen molar-refractivity contribution in [2.45, 2.75) is 33.6 Å². The third kappa shape index (κ3) is 4.32. The summed E-state index contributed by atoms with van der Waals surface area (Å²) in [6.07, 6.45) is 1.50. The molecule has 0 saturated carbocycles. The van der Waals surface area contributed by atoms with Crippen LogP contribution >= 0.6 is 11.3 Å². The van der Waals surface area contributed by atoms with Gasteiger partial charge in [-0.25, -0.2) is 9.69 Å². The second kappa shape index (κ2) is 9.52. The van der Waals surface area contributed by atoms with Gasteiger partial charge < -0.3 is 10.1 Å². The molecule has 0 spiro atoms. The molecule has 4 rings (SSSR count). The van der Waals surface area contributed by atoms with Crippen molar-refractivity contribution in [2.24, 2.45) is 0 Å². The van der Waals surface area contributed by atoms with Gasteiger partial charge in [0.05, 0.1) is 16.7 Å². The summed E-state index contributed by atoms with van der Waals surface area (Å²) < 4.78 is 5.16. The first kappa shape index (κ1) is 23.2. The second-order valence-electron chi connectivity index (χ2n) is 7.59. The number of ether oxygens (including phenoxy) is 1. The average Bonchev–Trinajstić information content (AvgIpc) is 3.37. The Morgan fingerprint density at radius 3 is 2.29 bits per heavy atom. The Hall–Kier alpha value is -3.92. The SMILES string of the molecule is CCc1cccc(CC)c1NC(=O)COC(=O)c1ccc2c(c1)C(=O)N(c1nnc(C)s1)C2=O. The Morgan fingerprint density at radius 2 is 1.68 bits per heavy atom. The number of hydrogen-bond acceptors (Lipinski definition) is 8. The molecule has 2 aromatic carbocycles. The molecule has 0 aliphatic carbocycles. The Kier molecular flexibility index (Phi) is 6.51. The van der Waals surface area contributed by atoms with E-state index < -0.39 is 30.3 Å². The average molecular weight is 479 g/mol. The molecule has 0 fully saturated rings. The minimum absolute atomic E-state index is 0.0613. The zero-order chi connectivity index (χ0) is 24.4. The molecule has 0 unspecified atom stereocenters. The zero-order valence-electron chi connectivity index (χ0n) is 18.9. The second-order valence-corrected chi connectivity index (χ2v) is 8.75. The molecule has 9 nitrogen and oxygen atoms in total. The van der Waals surface area contributed by atoms with Crippen molar-refractivity contribution in [3.05, 3.63) is 69.2 Å². The van der Waals surface area contributed by atoms with Crippen LogP contribution in [0.1, 0.15) is 61.1 Å². The highest BCUT2D eigenvalue weighted by Crippen LogP contribution is 2.31. The lowest BCUT2D eigenvalue weighted by atomic mass is 10.0. The summed E-state index contributed by atoms with van der Waals surface area (Å²) in [5.41, 5.74) is 3.03. The first-order valence-electron chi connectivity index (χ1n) is 10.7. The standard InChI is InChI=1S/C24H22N4O5S/c1-4-14-7-6-8-15(5-2)20(14)25-19(29)12-33-23(32)16-9-10-17-18(11-16)22(31)28(21(17)30)24-27-26-13(3)34-24/h6-11H,4-5,12H2,1-3H3,(H,25,29). The third-order valence-corrected chi connectivity index (χ3v) is 6.25. The van der Waals surface area contributed by atoms with Crippen molar-refractivity contribution in [3.8, 4) is 0 Å². The third-order valence-electron chi connectivity index (χ3n) is 5.43. The summed E-state index contributed by atoms with van der Waals surface area (Å²) in [4.78, 5) is 51.4. The minimum Gasteiger partial charge on any atom is -0.452 e. The van der Waals surface area contributed by atoms with E-state index in [2.05, 4.69) is 15.5 Å². The summed E-state index contributed by atoms with van der Waals surface area (Å²) in [7, 11) is 0. The number of nitrogens with one attached hydrogen (secondary N) is 1. The van der Waals surface area contributed by atoms with Gasteiger partial charge in [-0.3, -0.25) is 14.4 Å². The van der Waals surface area contributed by atoms with E-state index >= 15 is 0 Å². The lowest BCUT2D eigenvalue weighted by Crippen LogP contribution is -2.29. The lowest BCUT2D eigenvalue weighted by molar-refractivity contribution is -0.119. The van der Waals surface area contributed by atoms with E-state index in [1.54, 1.807) is 6.92 Å². The molecular weight excluding hydrogens is 456 g/mol. The number of nitrogens with zero attached hydrogens (tertiary/aromatic N) is 3. The van der Waals surface area contributed by atoms with E-state index in [-0.39, 0.29) is 21.8 Å². The van der Waals surface area contributed by atoms with E-state index in [0.29, 0.717) is 5.01 Å². The van der Waals surface area contributed by atoms with Gasteiger partial charge in [-0.1, -0.05) is 43.4 Å². The highest BCUT2D eigenvalue weighted by Gasteiger charge is 2.39. The van der Waals surface area contributed by atoms with Gasteiger partial charge >= 0.3 is 5.97 Å². The molecule has 3 aromatic rings. The molecule has 0 radical (unpaired) electrons. The van der Waals surface area contributed by atoms with Gasteiger partial charge in [0.1, 0.15) is 5.01 Å². The molecule has 0 atom stereocenters. The van der Waals surface area contributed by atoms with Gasteiger partial charge in [0.2, 0.25) is 5.13 Å². The summed E-state index contributed by atoms with van der Waals surface area (Å²) in [6, 6.07) is 9.91. The number of imide groups is 1. The van der Waals surface area contributed by atoms with Crippen molar-refractivity contribution in [1.82, 2.24) is 10.2 Å². The Bertz CT molecular complexity index is 1290. The molecule has 10 heteroatoms. The number of fused-ring (bicyclic) bond motifs is 1. The highest BCUT2D eigenvalue weighted by molar-refractivity contribution is 7.15. The number of esters is 1. The van der Waals surface area contributed by atoms with Crippen LogP contribution in [0, 0.1) is 6.92 Å². The van der Waals surface area contributed by atoms with Gasteiger partial charge in [-0.15, -0.1) is 10.2 Å². The van der Waals surface area contributed by atoms with Gasteiger partial charge in [0, 0.05) is 5.69 Å². The molecule has 2 heterocycles. The maximum atomic E-state index is 12.8. The number of amides is 3. The van der Waals surface area contributed by atoms with Crippen LogP contribution < -0.4 is 10.2 Å². The summed E-state index contributed by atoms with van der Waals surface area (Å²) in [5.74, 6) is -2.36.